The van der Waals surface area contributed by atoms with Crippen LogP contribution in [0.2, 0.25) is 0 Å². The molecule has 2 saturated heterocycles. The molecule has 0 aromatic heterocycles. The van der Waals surface area contributed by atoms with Crippen LogP contribution >= 0.6 is 0 Å². The number of benzene rings is 2. The van der Waals surface area contributed by atoms with Crippen molar-refractivity contribution in [2.45, 2.75) is 38.9 Å². The van der Waals surface area contributed by atoms with Gasteiger partial charge in [-0.2, -0.15) is 0 Å². The fourth-order valence-electron chi connectivity index (χ4n) is 4.82. The number of rotatable bonds is 7. The lowest BCUT2D eigenvalue weighted by atomic mass is 10.00. The highest BCUT2D eigenvalue weighted by atomic mass is 16.5. The second-order valence-electron chi connectivity index (χ2n) is 8.96. The third kappa shape index (κ3) is 5.59. The average Bonchev–Trinajstić information content (AvgIpc) is 2.81. The summed E-state index contributed by atoms with van der Waals surface area (Å²) in [7, 11) is 4.00. The first kappa shape index (κ1) is 22.1. The lowest BCUT2D eigenvalue weighted by Gasteiger charge is -2.38. The molecule has 5 nitrogen and oxygen atoms in total. The number of aryl methyl sites for hydroxylation is 1. The quantitative estimate of drug-likeness (QED) is 0.673. The number of morpholine rings is 1. The zero-order valence-corrected chi connectivity index (χ0v) is 19.3. The molecule has 2 aromatic carbocycles. The van der Waals surface area contributed by atoms with Gasteiger partial charge in [0.15, 0.2) is 0 Å². The molecule has 0 bridgehead atoms. The van der Waals surface area contributed by atoms with E-state index in [9.17, 15) is 0 Å². The Labute approximate surface area is 187 Å². The number of nitrogens with zero attached hydrogens (tertiary/aromatic N) is 3. The fourth-order valence-corrected chi connectivity index (χ4v) is 4.82. The number of hydrogen-bond acceptors (Lipinski definition) is 5. The number of methoxy groups -OCH3 is 1. The Hall–Kier alpha value is -2.08. The third-order valence-electron chi connectivity index (χ3n) is 6.85. The molecule has 0 unspecified atom stereocenters. The molecule has 2 aliphatic rings. The van der Waals surface area contributed by atoms with Crippen LogP contribution in [0.1, 0.15) is 29.5 Å². The second kappa shape index (κ2) is 10.5. The van der Waals surface area contributed by atoms with Crippen LogP contribution in [0.3, 0.4) is 0 Å². The number of likely N-dealkylation sites (tertiary alicyclic amines) is 1. The van der Waals surface area contributed by atoms with Gasteiger partial charge in [0.05, 0.1) is 20.3 Å². The molecule has 168 valence electrons. The van der Waals surface area contributed by atoms with E-state index in [0.717, 1.165) is 45.1 Å². The van der Waals surface area contributed by atoms with Crippen molar-refractivity contribution in [3.8, 4) is 5.75 Å². The summed E-state index contributed by atoms with van der Waals surface area (Å²) < 4.78 is 11.2. The Morgan fingerprint density at radius 3 is 2.39 bits per heavy atom. The Balaban J connectivity index is 1.53. The molecular formula is C26H37N3O2. The molecule has 0 spiro atoms. The maximum Gasteiger partial charge on any atom is 0.123 e. The standard InChI is InChI=1S/C26H37N3O2/c1-21-18-25(28-14-16-31-17-15-28)9-8-22(21)19-29(24-10-12-27(2)13-11-24)20-23-6-4-5-7-26(23)30-3/h4-9,18,24H,10-17,19-20H2,1-3H3. The Bertz CT molecular complexity index is 842. The van der Waals surface area contributed by atoms with Crippen molar-refractivity contribution in [2.24, 2.45) is 0 Å². The van der Waals surface area contributed by atoms with Crippen molar-refractivity contribution < 1.29 is 9.47 Å². The summed E-state index contributed by atoms with van der Waals surface area (Å²) in [6, 6.07) is 16.0. The number of piperidine rings is 1. The topological polar surface area (TPSA) is 28.2 Å². The summed E-state index contributed by atoms with van der Waals surface area (Å²) in [5, 5.41) is 0. The van der Waals surface area contributed by atoms with Crippen LogP contribution in [-0.2, 0) is 17.8 Å². The highest BCUT2D eigenvalue weighted by Crippen LogP contribution is 2.27. The van der Waals surface area contributed by atoms with Crippen molar-refractivity contribution >= 4 is 5.69 Å². The zero-order chi connectivity index (χ0) is 21.6. The fraction of sp³-hybridized carbons (Fsp3) is 0.538. The van der Waals surface area contributed by atoms with Crippen molar-refractivity contribution in [1.29, 1.82) is 0 Å². The number of hydrogen-bond donors (Lipinski definition) is 0. The molecule has 0 atom stereocenters. The normalized spacial score (nSPS) is 18.5. The highest BCUT2D eigenvalue weighted by Gasteiger charge is 2.25. The summed E-state index contributed by atoms with van der Waals surface area (Å²) in [4.78, 5) is 7.55. The minimum Gasteiger partial charge on any atom is -0.496 e. The zero-order valence-electron chi connectivity index (χ0n) is 19.3. The van der Waals surface area contributed by atoms with E-state index < -0.39 is 0 Å². The van der Waals surface area contributed by atoms with Gasteiger partial charge >= 0.3 is 0 Å². The molecule has 2 fully saturated rings. The Kier molecular flexibility index (Phi) is 7.49. The van der Waals surface area contributed by atoms with E-state index in [2.05, 4.69) is 71.1 Å². The van der Waals surface area contributed by atoms with Crippen molar-refractivity contribution in [3.05, 3.63) is 59.2 Å². The van der Waals surface area contributed by atoms with Crippen LogP contribution in [0.25, 0.3) is 0 Å². The molecule has 31 heavy (non-hydrogen) atoms. The van der Waals surface area contributed by atoms with Gasteiger partial charge < -0.3 is 19.3 Å². The lowest BCUT2D eigenvalue weighted by molar-refractivity contribution is 0.107. The molecule has 0 saturated carbocycles. The monoisotopic (exact) mass is 423 g/mol. The average molecular weight is 424 g/mol. The van der Waals surface area contributed by atoms with Crippen LogP contribution in [0.4, 0.5) is 5.69 Å². The molecule has 0 amide bonds. The molecule has 4 rings (SSSR count). The Morgan fingerprint density at radius 1 is 0.968 bits per heavy atom. The molecule has 0 N–H and O–H groups in total. The number of ether oxygens (including phenoxy) is 2. The number of anilines is 1. The van der Waals surface area contributed by atoms with Crippen LogP contribution in [-0.4, -0.2) is 69.4 Å². The van der Waals surface area contributed by atoms with Gasteiger partial charge in [-0.1, -0.05) is 24.3 Å². The minimum atomic E-state index is 0.597. The van der Waals surface area contributed by atoms with Crippen molar-refractivity contribution in [1.82, 2.24) is 9.80 Å². The first-order chi connectivity index (χ1) is 15.1. The van der Waals surface area contributed by atoms with Crippen LogP contribution < -0.4 is 9.64 Å². The van der Waals surface area contributed by atoms with Gasteiger partial charge in [-0.05, 0) is 69.2 Å². The SMILES string of the molecule is COc1ccccc1CN(Cc1ccc(N2CCOCC2)cc1C)C1CCN(C)CC1. The molecular weight excluding hydrogens is 386 g/mol. The summed E-state index contributed by atoms with van der Waals surface area (Å²) >= 11 is 0. The van der Waals surface area contributed by atoms with Crippen LogP contribution in [0.5, 0.6) is 5.75 Å². The lowest BCUT2D eigenvalue weighted by Crippen LogP contribution is -2.43. The van der Waals surface area contributed by atoms with Gasteiger partial charge in [-0.15, -0.1) is 0 Å². The molecule has 2 aromatic rings. The number of para-hydroxylation sites is 1. The van der Waals surface area contributed by atoms with Crippen LogP contribution in [0.15, 0.2) is 42.5 Å². The van der Waals surface area contributed by atoms with E-state index in [0.29, 0.717) is 6.04 Å². The third-order valence-corrected chi connectivity index (χ3v) is 6.85. The van der Waals surface area contributed by atoms with Gasteiger partial charge in [0.2, 0.25) is 0 Å². The van der Waals surface area contributed by atoms with E-state index >= 15 is 0 Å². The minimum absolute atomic E-state index is 0.597. The largest absolute Gasteiger partial charge is 0.496 e. The van der Waals surface area contributed by atoms with Gasteiger partial charge in [0.25, 0.3) is 0 Å². The van der Waals surface area contributed by atoms with Gasteiger partial charge in [-0.25, -0.2) is 0 Å². The van der Waals surface area contributed by atoms with Crippen molar-refractivity contribution in [2.75, 3.05) is 58.5 Å². The first-order valence-electron chi connectivity index (χ1n) is 11.6. The molecule has 5 heteroatoms. The summed E-state index contributed by atoms with van der Waals surface area (Å²) in [6.07, 6.45) is 2.44. The van der Waals surface area contributed by atoms with Gasteiger partial charge in [0, 0.05) is 43.5 Å². The maximum absolute atomic E-state index is 5.66. The molecule has 0 radical (unpaired) electrons. The van der Waals surface area contributed by atoms with Crippen LogP contribution in [0, 0.1) is 6.92 Å². The second-order valence-corrected chi connectivity index (χ2v) is 8.96. The molecule has 2 aliphatic heterocycles. The van der Waals surface area contributed by atoms with E-state index in [1.807, 2.05) is 0 Å². The predicted octanol–water partition coefficient (Wildman–Crippen LogP) is 3.94. The maximum atomic E-state index is 5.66. The smallest absolute Gasteiger partial charge is 0.123 e. The molecule has 2 heterocycles. The van der Waals surface area contributed by atoms with Gasteiger partial charge in [0.1, 0.15) is 5.75 Å². The summed E-state index contributed by atoms with van der Waals surface area (Å²) in [5.74, 6) is 0.986. The summed E-state index contributed by atoms with van der Waals surface area (Å²) in [6.45, 7) is 10.1. The van der Waals surface area contributed by atoms with Crippen molar-refractivity contribution in [3.63, 3.8) is 0 Å². The molecule has 0 aliphatic carbocycles. The predicted molar refractivity (Wildman–Crippen MR) is 127 cm³/mol. The van der Waals surface area contributed by atoms with E-state index in [1.165, 1.54) is 48.3 Å². The van der Waals surface area contributed by atoms with E-state index in [1.54, 1.807) is 7.11 Å². The van der Waals surface area contributed by atoms with E-state index in [4.69, 9.17) is 9.47 Å². The Morgan fingerprint density at radius 2 is 1.68 bits per heavy atom. The summed E-state index contributed by atoms with van der Waals surface area (Å²) in [5.41, 5.74) is 5.39. The highest BCUT2D eigenvalue weighted by molar-refractivity contribution is 5.51. The van der Waals surface area contributed by atoms with Gasteiger partial charge in [-0.3, -0.25) is 4.90 Å². The van der Waals surface area contributed by atoms with E-state index in [-0.39, 0.29) is 0 Å². The first-order valence-corrected chi connectivity index (χ1v) is 11.6.